The Balaban J connectivity index is 5.09. The average molecular weight is 198 g/mol. The number of methoxy groups -OCH3 is 1. The van der Waals surface area contributed by atoms with Gasteiger partial charge in [0.1, 0.15) is 6.67 Å². The van der Waals surface area contributed by atoms with Crippen LogP contribution in [0, 0.1) is 0 Å². The highest BCUT2D eigenvalue weighted by atomic mass is 32.2. The highest BCUT2D eigenvalue weighted by molar-refractivity contribution is 7.92. The van der Waals surface area contributed by atoms with Crippen LogP contribution in [-0.2, 0) is 19.4 Å². The Morgan fingerprint density at radius 2 is 2.00 bits per heavy atom. The molecule has 0 aliphatic carbocycles. The van der Waals surface area contributed by atoms with Crippen molar-refractivity contribution in [3.63, 3.8) is 0 Å². The number of ether oxygens (including phenoxy) is 1. The van der Waals surface area contributed by atoms with Gasteiger partial charge in [-0.1, -0.05) is 0 Å². The second kappa shape index (κ2) is 3.38. The van der Waals surface area contributed by atoms with E-state index in [4.69, 9.17) is 0 Å². The molecule has 72 valence electrons. The zero-order chi connectivity index (χ0) is 9.99. The van der Waals surface area contributed by atoms with E-state index in [-0.39, 0.29) is 0 Å². The third-order valence-corrected chi connectivity index (χ3v) is 3.60. The Bertz CT molecular complexity index is 271. The standard InChI is InChI=1S/C6H11FO4S/c1-6(4-7,5(8)11-2)12(3,9)10/h4H2,1-3H3. The Hall–Kier alpha value is -0.650. The van der Waals surface area contributed by atoms with Crippen molar-refractivity contribution in [2.24, 2.45) is 0 Å². The maximum absolute atomic E-state index is 12.3. The average Bonchev–Trinajstić information content (AvgIpc) is 1.99. The molecule has 0 radical (unpaired) electrons. The number of rotatable bonds is 3. The number of carbonyl (C=O) groups excluding carboxylic acids is 1. The van der Waals surface area contributed by atoms with Gasteiger partial charge in [0.25, 0.3) is 0 Å². The molecule has 0 N–H and O–H groups in total. The molecule has 0 saturated carbocycles. The van der Waals surface area contributed by atoms with Crippen molar-refractivity contribution < 1.29 is 22.3 Å². The van der Waals surface area contributed by atoms with E-state index in [1.165, 1.54) is 0 Å². The molecule has 0 amide bonds. The van der Waals surface area contributed by atoms with E-state index in [9.17, 15) is 17.6 Å². The van der Waals surface area contributed by atoms with E-state index < -0.39 is 27.2 Å². The Kier molecular flexibility index (Phi) is 3.20. The van der Waals surface area contributed by atoms with Crippen molar-refractivity contribution in [2.45, 2.75) is 11.7 Å². The van der Waals surface area contributed by atoms with Gasteiger partial charge in [0.15, 0.2) is 14.6 Å². The molecule has 6 heteroatoms. The molecule has 1 atom stereocenters. The quantitative estimate of drug-likeness (QED) is 0.596. The first-order valence-corrected chi connectivity index (χ1v) is 5.02. The lowest BCUT2D eigenvalue weighted by atomic mass is 10.2. The summed E-state index contributed by atoms with van der Waals surface area (Å²) in [4.78, 5) is 10.9. The maximum atomic E-state index is 12.3. The molecule has 0 aromatic carbocycles. The van der Waals surface area contributed by atoms with Crippen molar-refractivity contribution in [1.82, 2.24) is 0 Å². The maximum Gasteiger partial charge on any atom is 0.329 e. The van der Waals surface area contributed by atoms with Crippen LogP contribution in [0.4, 0.5) is 4.39 Å². The summed E-state index contributed by atoms with van der Waals surface area (Å²) in [6.45, 7) is -0.285. The van der Waals surface area contributed by atoms with Crippen LogP contribution in [0.5, 0.6) is 0 Å². The third kappa shape index (κ3) is 1.74. The third-order valence-electron chi connectivity index (χ3n) is 1.69. The first kappa shape index (κ1) is 11.4. The topological polar surface area (TPSA) is 60.4 Å². The van der Waals surface area contributed by atoms with Gasteiger partial charge in [0.2, 0.25) is 0 Å². The smallest absolute Gasteiger partial charge is 0.329 e. The van der Waals surface area contributed by atoms with Crippen LogP contribution in [-0.4, -0.2) is 39.2 Å². The van der Waals surface area contributed by atoms with Gasteiger partial charge in [-0.05, 0) is 6.92 Å². The van der Waals surface area contributed by atoms with Crippen molar-refractivity contribution in [3.05, 3.63) is 0 Å². The van der Waals surface area contributed by atoms with E-state index in [1.807, 2.05) is 0 Å². The molecule has 0 aromatic rings. The molecule has 12 heavy (non-hydrogen) atoms. The highest BCUT2D eigenvalue weighted by Gasteiger charge is 2.45. The Morgan fingerprint density at radius 3 is 2.08 bits per heavy atom. The minimum Gasteiger partial charge on any atom is -0.468 e. The minimum atomic E-state index is -3.78. The fraction of sp³-hybridized carbons (Fsp3) is 0.833. The van der Waals surface area contributed by atoms with Gasteiger partial charge < -0.3 is 4.74 Å². The molecular formula is C6H11FO4S. The van der Waals surface area contributed by atoms with E-state index >= 15 is 0 Å². The van der Waals surface area contributed by atoms with E-state index in [1.54, 1.807) is 0 Å². The number of esters is 1. The number of halogens is 1. The molecule has 4 nitrogen and oxygen atoms in total. The van der Waals surface area contributed by atoms with Gasteiger partial charge in [0, 0.05) is 6.26 Å². The number of sulfone groups is 1. The summed E-state index contributed by atoms with van der Waals surface area (Å²) < 4.78 is 36.3. The van der Waals surface area contributed by atoms with Crippen LogP contribution >= 0.6 is 0 Å². The van der Waals surface area contributed by atoms with Crippen molar-refractivity contribution in [3.8, 4) is 0 Å². The zero-order valence-corrected chi connectivity index (χ0v) is 7.94. The molecule has 0 saturated heterocycles. The summed E-state index contributed by atoms with van der Waals surface area (Å²) in [6.07, 6.45) is 0.795. The molecule has 0 spiro atoms. The molecule has 1 unspecified atom stereocenters. The van der Waals surface area contributed by atoms with Crippen LogP contribution < -0.4 is 0 Å². The number of hydrogen-bond acceptors (Lipinski definition) is 4. The molecular weight excluding hydrogens is 187 g/mol. The first-order chi connectivity index (χ1) is 5.29. The molecule has 0 fully saturated rings. The Morgan fingerprint density at radius 1 is 1.58 bits per heavy atom. The van der Waals surface area contributed by atoms with Gasteiger partial charge in [-0.15, -0.1) is 0 Å². The molecule has 0 aliphatic heterocycles. The fourth-order valence-electron chi connectivity index (χ4n) is 0.521. The predicted molar refractivity (Wildman–Crippen MR) is 41.2 cm³/mol. The van der Waals surface area contributed by atoms with Gasteiger partial charge in [0.05, 0.1) is 7.11 Å². The lowest BCUT2D eigenvalue weighted by Gasteiger charge is -2.20. The molecule has 0 bridgehead atoms. The lowest BCUT2D eigenvalue weighted by Crippen LogP contribution is -2.45. The molecule has 0 rings (SSSR count). The SMILES string of the molecule is COC(=O)C(C)(CF)S(C)(=O)=O. The number of hydrogen-bond donors (Lipinski definition) is 0. The summed E-state index contributed by atoms with van der Waals surface area (Å²) in [6, 6.07) is 0. The predicted octanol–water partition coefficient (Wildman–Crippen LogP) is -0.0678. The monoisotopic (exact) mass is 198 g/mol. The van der Waals surface area contributed by atoms with Gasteiger partial charge >= 0.3 is 5.97 Å². The van der Waals surface area contributed by atoms with Crippen LogP contribution in [0.2, 0.25) is 0 Å². The van der Waals surface area contributed by atoms with E-state index in [0.29, 0.717) is 0 Å². The van der Waals surface area contributed by atoms with Gasteiger partial charge in [-0.25, -0.2) is 12.8 Å². The zero-order valence-electron chi connectivity index (χ0n) is 7.13. The number of alkyl halides is 1. The van der Waals surface area contributed by atoms with Crippen molar-refractivity contribution >= 4 is 15.8 Å². The van der Waals surface area contributed by atoms with Crippen LogP contribution in [0.1, 0.15) is 6.92 Å². The second-order valence-electron chi connectivity index (χ2n) is 2.63. The molecule has 0 heterocycles. The summed E-state index contributed by atoms with van der Waals surface area (Å²) in [5, 5.41) is 0. The van der Waals surface area contributed by atoms with Crippen LogP contribution in [0.25, 0.3) is 0 Å². The van der Waals surface area contributed by atoms with E-state index in [2.05, 4.69) is 4.74 Å². The van der Waals surface area contributed by atoms with Crippen molar-refractivity contribution in [1.29, 1.82) is 0 Å². The highest BCUT2D eigenvalue weighted by Crippen LogP contribution is 2.18. The largest absolute Gasteiger partial charge is 0.468 e. The second-order valence-corrected chi connectivity index (χ2v) is 5.07. The minimum absolute atomic E-state index is 0.795. The van der Waals surface area contributed by atoms with Crippen LogP contribution in [0.3, 0.4) is 0 Å². The number of carbonyl (C=O) groups is 1. The van der Waals surface area contributed by atoms with Gasteiger partial charge in [-0.2, -0.15) is 0 Å². The summed E-state index contributed by atoms with van der Waals surface area (Å²) in [5.74, 6) is -1.08. The first-order valence-electron chi connectivity index (χ1n) is 3.13. The van der Waals surface area contributed by atoms with Crippen molar-refractivity contribution in [2.75, 3.05) is 20.0 Å². The Labute approximate surface area is 70.6 Å². The fourth-order valence-corrected chi connectivity index (χ4v) is 1.11. The molecule has 0 aliphatic rings. The van der Waals surface area contributed by atoms with E-state index in [0.717, 1.165) is 20.3 Å². The molecule has 0 aromatic heterocycles. The summed E-state index contributed by atoms with van der Waals surface area (Å²) in [7, 11) is -2.76. The summed E-state index contributed by atoms with van der Waals surface area (Å²) in [5.41, 5.74) is 0. The summed E-state index contributed by atoms with van der Waals surface area (Å²) >= 11 is 0. The normalized spacial score (nSPS) is 16.7. The van der Waals surface area contributed by atoms with Gasteiger partial charge in [-0.3, -0.25) is 4.79 Å². The lowest BCUT2D eigenvalue weighted by molar-refractivity contribution is -0.143. The van der Waals surface area contributed by atoms with Crippen LogP contribution in [0.15, 0.2) is 0 Å².